The van der Waals surface area contributed by atoms with Crippen LogP contribution in [0.15, 0.2) is 11.5 Å². The van der Waals surface area contributed by atoms with Crippen molar-refractivity contribution in [3.63, 3.8) is 0 Å². The number of hydrogen-bond acceptors (Lipinski definition) is 3. The van der Waals surface area contributed by atoms with E-state index in [1.807, 2.05) is 24.5 Å². The van der Waals surface area contributed by atoms with E-state index in [0.717, 1.165) is 10.7 Å². The molecule has 0 aliphatic heterocycles. The number of rotatable bonds is 2. The van der Waals surface area contributed by atoms with E-state index in [0.29, 0.717) is 6.54 Å². The van der Waals surface area contributed by atoms with Crippen LogP contribution in [-0.4, -0.2) is 11.5 Å². The highest BCUT2D eigenvalue weighted by molar-refractivity contribution is 7.10. The monoisotopic (exact) mass is 154 g/mol. The molecule has 3 heteroatoms. The van der Waals surface area contributed by atoms with Gasteiger partial charge in [0.25, 0.3) is 0 Å². The van der Waals surface area contributed by atoms with E-state index in [1.165, 1.54) is 0 Å². The lowest BCUT2D eigenvalue weighted by Crippen LogP contribution is -1.91. The molecular formula is C7H10N2S. The minimum Gasteiger partial charge on any atom is -0.327 e. The van der Waals surface area contributed by atoms with Crippen LogP contribution < -0.4 is 5.73 Å². The van der Waals surface area contributed by atoms with Gasteiger partial charge in [0.15, 0.2) is 0 Å². The maximum Gasteiger partial charge on any atom is 0.116 e. The number of nitrogens with two attached hydrogens (primary N) is 1. The third-order valence-electron chi connectivity index (χ3n) is 1.03. The van der Waals surface area contributed by atoms with Crippen molar-refractivity contribution in [2.24, 2.45) is 5.73 Å². The van der Waals surface area contributed by atoms with Gasteiger partial charge < -0.3 is 5.73 Å². The Morgan fingerprint density at radius 1 is 1.80 bits per heavy atom. The first-order valence-electron chi connectivity index (χ1n) is 3.11. The van der Waals surface area contributed by atoms with Gasteiger partial charge in [-0.25, -0.2) is 4.98 Å². The summed E-state index contributed by atoms with van der Waals surface area (Å²) in [4.78, 5) is 4.22. The zero-order chi connectivity index (χ0) is 7.40. The summed E-state index contributed by atoms with van der Waals surface area (Å²) < 4.78 is 0. The van der Waals surface area contributed by atoms with Crippen LogP contribution >= 0.6 is 11.3 Å². The molecule has 0 aliphatic carbocycles. The van der Waals surface area contributed by atoms with E-state index in [2.05, 4.69) is 4.98 Å². The molecule has 0 aliphatic rings. The quantitative estimate of drug-likeness (QED) is 0.699. The van der Waals surface area contributed by atoms with Crippen molar-refractivity contribution in [3.05, 3.63) is 22.2 Å². The lowest BCUT2D eigenvalue weighted by atomic mass is 10.5. The zero-order valence-electron chi connectivity index (χ0n) is 5.87. The molecule has 0 saturated carbocycles. The van der Waals surface area contributed by atoms with E-state index in [4.69, 9.17) is 5.73 Å². The predicted molar refractivity (Wildman–Crippen MR) is 44.9 cm³/mol. The molecule has 2 nitrogen and oxygen atoms in total. The maximum atomic E-state index is 5.27. The Bertz CT molecular complexity index is 227. The molecule has 1 rings (SSSR count). The van der Waals surface area contributed by atoms with Gasteiger partial charge in [-0.15, -0.1) is 11.3 Å². The summed E-state index contributed by atoms with van der Waals surface area (Å²) in [5.41, 5.74) is 6.34. The Morgan fingerprint density at radius 2 is 2.60 bits per heavy atom. The molecule has 0 unspecified atom stereocenters. The molecule has 0 fully saturated rings. The topological polar surface area (TPSA) is 38.9 Å². The van der Waals surface area contributed by atoms with Crippen molar-refractivity contribution in [2.75, 3.05) is 6.54 Å². The van der Waals surface area contributed by atoms with E-state index < -0.39 is 0 Å². The lowest BCUT2D eigenvalue weighted by molar-refractivity contribution is 1.24. The van der Waals surface area contributed by atoms with Gasteiger partial charge in [-0.2, -0.15) is 0 Å². The number of hydrogen-bond donors (Lipinski definition) is 1. The van der Waals surface area contributed by atoms with Crippen LogP contribution in [0.1, 0.15) is 10.7 Å². The van der Waals surface area contributed by atoms with Crippen molar-refractivity contribution >= 4 is 17.4 Å². The molecular weight excluding hydrogens is 144 g/mol. The maximum absolute atomic E-state index is 5.27. The normalized spacial score (nSPS) is 11.0. The van der Waals surface area contributed by atoms with Crippen molar-refractivity contribution in [2.45, 2.75) is 6.92 Å². The molecule has 0 bridgehead atoms. The first-order valence-corrected chi connectivity index (χ1v) is 3.99. The summed E-state index contributed by atoms with van der Waals surface area (Å²) in [5.74, 6) is 0. The van der Waals surface area contributed by atoms with Crippen molar-refractivity contribution in [1.29, 1.82) is 0 Å². The van der Waals surface area contributed by atoms with Gasteiger partial charge in [0.2, 0.25) is 0 Å². The average molecular weight is 154 g/mol. The van der Waals surface area contributed by atoms with Crippen molar-refractivity contribution in [3.8, 4) is 0 Å². The van der Waals surface area contributed by atoms with Crippen LogP contribution in [0.4, 0.5) is 0 Å². The van der Waals surface area contributed by atoms with E-state index in [1.54, 1.807) is 11.3 Å². The summed E-state index contributed by atoms with van der Waals surface area (Å²) >= 11 is 1.64. The number of aromatic nitrogens is 1. The highest BCUT2D eigenvalue weighted by Crippen LogP contribution is 2.09. The smallest absolute Gasteiger partial charge is 0.116 e. The minimum atomic E-state index is 0.582. The largest absolute Gasteiger partial charge is 0.327 e. The predicted octanol–water partition coefficient (Wildman–Crippen LogP) is 1.42. The van der Waals surface area contributed by atoms with Crippen LogP contribution in [0, 0.1) is 6.92 Å². The Labute approximate surface area is 64.4 Å². The van der Waals surface area contributed by atoms with Crippen LogP contribution in [-0.2, 0) is 0 Å². The molecule has 0 aromatic carbocycles. The second-order valence-electron chi connectivity index (χ2n) is 1.97. The highest BCUT2D eigenvalue weighted by atomic mass is 32.1. The van der Waals surface area contributed by atoms with Gasteiger partial charge in [-0.05, 0) is 13.0 Å². The fourth-order valence-corrected chi connectivity index (χ4v) is 1.33. The highest BCUT2D eigenvalue weighted by Gasteiger charge is 1.90. The first kappa shape index (κ1) is 7.44. The number of thiazole rings is 1. The fourth-order valence-electron chi connectivity index (χ4n) is 0.618. The zero-order valence-corrected chi connectivity index (χ0v) is 6.69. The van der Waals surface area contributed by atoms with Gasteiger partial charge in [0, 0.05) is 17.6 Å². The third kappa shape index (κ3) is 1.93. The Kier molecular flexibility index (Phi) is 2.59. The Balaban J connectivity index is 2.67. The van der Waals surface area contributed by atoms with Crippen LogP contribution in [0.2, 0.25) is 0 Å². The molecule has 1 heterocycles. The molecule has 0 spiro atoms. The Morgan fingerprint density at radius 3 is 3.10 bits per heavy atom. The van der Waals surface area contributed by atoms with E-state index in [-0.39, 0.29) is 0 Å². The van der Waals surface area contributed by atoms with Crippen molar-refractivity contribution < 1.29 is 0 Å². The summed E-state index contributed by atoms with van der Waals surface area (Å²) in [5, 5.41) is 3.05. The molecule has 54 valence electrons. The molecule has 0 radical (unpaired) electrons. The summed E-state index contributed by atoms with van der Waals surface area (Å²) in [6, 6.07) is 0. The summed E-state index contributed by atoms with van der Waals surface area (Å²) in [7, 11) is 0. The Hall–Kier alpha value is -0.670. The molecule has 10 heavy (non-hydrogen) atoms. The van der Waals surface area contributed by atoms with Gasteiger partial charge >= 0.3 is 0 Å². The fraction of sp³-hybridized carbons (Fsp3) is 0.286. The molecule has 1 aromatic rings. The lowest BCUT2D eigenvalue weighted by Gasteiger charge is -1.79. The van der Waals surface area contributed by atoms with Gasteiger partial charge in [-0.1, -0.05) is 6.08 Å². The summed E-state index contributed by atoms with van der Waals surface area (Å²) in [6.07, 6.45) is 3.84. The second kappa shape index (κ2) is 3.49. The number of nitrogens with zero attached hydrogens (tertiary/aromatic N) is 1. The molecule has 1 aromatic heterocycles. The second-order valence-corrected chi connectivity index (χ2v) is 2.85. The third-order valence-corrected chi connectivity index (χ3v) is 1.96. The summed E-state index contributed by atoms with van der Waals surface area (Å²) in [6.45, 7) is 2.56. The van der Waals surface area contributed by atoms with Crippen molar-refractivity contribution in [1.82, 2.24) is 4.98 Å². The molecule has 0 atom stereocenters. The van der Waals surface area contributed by atoms with E-state index in [9.17, 15) is 0 Å². The van der Waals surface area contributed by atoms with Gasteiger partial charge in [0.05, 0.1) is 0 Å². The SMILES string of the molecule is Cc1csc(/C=C/CN)n1. The van der Waals surface area contributed by atoms with Gasteiger partial charge in [0.1, 0.15) is 5.01 Å². The van der Waals surface area contributed by atoms with Crippen LogP contribution in [0.3, 0.4) is 0 Å². The molecule has 0 amide bonds. The standard InChI is InChI=1S/C7H10N2S/c1-6-5-10-7(9-6)3-2-4-8/h2-3,5H,4,8H2,1H3/b3-2+. The first-order chi connectivity index (χ1) is 4.83. The molecule has 2 N–H and O–H groups in total. The van der Waals surface area contributed by atoms with Crippen LogP contribution in [0.25, 0.3) is 6.08 Å². The number of aryl methyl sites for hydroxylation is 1. The molecule has 0 saturated heterocycles. The van der Waals surface area contributed by atoms with Crippen LogP contribution in [0.5, 0.6) is 0 Å². The van der Waals surface area contributed by atoms with Gasteiger partial charge in [-0.3, -0.25) is 0 Å². The van der Waals surface area contributed by atoms with E-state index >= 15 is 0 Å². The minimum absolute atomic E-state index is 0.582. The average Bonchev–Trinajstić information content (AvgIpc) is 2.31.